The third-order valence-electron chi connectivity index (χ3n) is 4.87. The number of likely N-dealkylation sites (tertiary alicyclic amines) is 1. The number of carboxylic acids is 1. The van der Waals surface area contributed by atoms with Crippen molar-refractivity contribution in [1.82, 2.24) is 4.90 Å². The molecule has 1 heterocycles. The fourth-order valence-electron chi connectivity index (χ4n) is 3.90. The lowest BCUT2D eigenvalue weighted by Crippen LogP contribution is -2.46. The molecule has 2 aliphatic rings. The first-order valence-electron chi connectivity index (χ1n) is 7.70. The van der Waals surface area contributed by atoms with Gasteiger partial charge in [0.25, 0.3) is 5.91 Å². The van der Waals surface area contributed by atoms with Gasteiger partial charge in [0, 0.05) is 11.6 Å². The molecule has 0 bridgehead atoms. The minimum absolute atomic E-state index is 0.105. The lowest BCUT2D eigenvalue weighted by molar-refractivity contribution is -0.141. The van der Waals surface area contributed by atoms with Crippen LogP contribution < -0.4 is 0 Å². The maximum absolute atomic E-state index is 12.8. The number of amides is 1. The Morgan fingerprint density at radius 3 is 2.71 bits per heavy atom. The number of hydrogen-bond acceptors (Lipinski definition) is 2. The molecule has 2 fully saturated rings. The van der Waals surface area contributed by atoms with Crippen molar-refractivity contribution in [2.45, 2.75) is 51.1 Å². The highest BCUT2D eigenvalue weighted by atomic mass is 16.4. The summed E-state index contributed by atoms with van der Waals surface area (Å²) in [5, 5.41) is 9.49. The summed E-state index contributed by atoms with van der Waals surface area (Å²) in [6.45, 7) is 1.94. The summed E-state index contributed by atoms with van der Waals surface area (Å²) in [5.74, 6) is -0.639. The van der Waals surface area contributed by atoms with Crippen LogP contribution in [0.4, 0.5) is 0 Å². The molecule has 3 atom stereocenters. The standard InChI is InChI=1S/C17H21NO3/c1-11-5-4-7-13(9-11)16(19)18-14-8-3-2-6-12(14)10-15(18)17(20)21/h4-5,7,9,12,14-15H,2-3,6,8,10H2,1H3,(H,20,21)/t12-,14-,15+/m1/s1. The molecular weight excluding hydrogens is 266 g/mol. The second-order valence-electron chi connectivity index (χ2n) is 6.28. The molecule has 112 valence electrons. The molecule has 1 N–H and O–H groups in total. The second-order valence-corrected chi connectivity index (χ2v) is 6.28. The first-order valence-corrected chi connectivity index (χ1v) is 7.70. The van der Waals surface area contributed by atoms with Crippen molar-refractivity contribution < 1.29 is 14.7 Å². The van der Waals surface area contributed by atoms with Crippen molar-refractivity contribution in [1.29, 1.82) is 0 Å². The SMILES string of the molecule is Cc1cccc(C(=O)N2[C@@H]3CCCC[C@@H]3C[C@H]2C(=O)O)c1. The third kappa shape index (κ3) is 2.55. The predicted molar refractivity (Wildman–Crippen MR) is 79.1 cm³/mol. The Labute approximate surface area is 124 Å². The number of aryl methyl sites for hydroxylation is 1. The summed E-state index contributed by atoms with van der Waals surface area (Å²) >= 11 is 0. The van der Waals surface area contributed by atoms with Crippen LogP contribution in [0.3, 0.4) is 0 Å². The molecule has 0 unspecified atom stereocenters. The molecule has 0 spiro atoms. The van der Waals surface area contributed by atoms with E-state index in [1.165, 1.54) is 0 Å². The molecule has 1 aromatic rings. The molecule has 4 nitrogen and oxygen atoms in total. The first-order chi connectivity index (χ1) is 10.1. The smallest absolute Gasteiger partial charge is 0.326 e. The van der Waals surface area contributed by atoms with E-state index in [2.05, 4.69) is 0 Å². The van der Waals surface area contributed by atoms with Gasteiger partial charge >= 0.3 is 5.97 Å². The zero-order valence-corrected chi connectivity index (χ0v) is 12.3. The maximum atomic E-state index is 12.8. The number of fused-ring (bicyclic) bond motifs is 1. The number of carboxylic acid groups (broad SMARTS) is 1. The van der Waals surface area contributed by atoms with Gasteiger partial charge in [0.1, 0.15) is 6.04 Å². The van der Waals surface area contributed by atoms with Crippen LogP contribution >= 0.6 is 0 Å². The summed E-state index contributed by atoms with van der Waals surface area (Å²) in [5.41, 5.74) is 1.62. The monoisotopic (exact) mass is 287 g/mol. The van der Waals surface area contributed by atoms with Crippen LogP contribution in [-0.2, 0) is 4.79 Å². The van der Waals surface area contributed by atoms with Crippen LogP contribution in [0.2, 0.25) is 0 Å². The van der Waals surface area contributed by atoms with E-state index in [9.17, 15) is 14.7 Å². The number of carbonyl (C=O) groups is 2. The summed E-state index contributed by atoms with van der Waals surface area (Å²) in [7, 11) is 0. The number of rotatable bonds is 2. The predicted octanol–water partition coefficient (Wildman–Crippen LogP) is 2.85. The highest BCUT2D eigenvalue weighted by Gasteiger charge is 2.47. The van der Waals surface area contributed by atoms with Gasteiger partial charge in [-0.1, -0.05) is 30.5 Å². The molecular formula is C17H21NO3. The number of nitrogens with zero attached hydrogens (tertiary/aromatic N) is 1. The van der Waals surface area contributed by atoms with Crippen molar-refractivity contribution in [2.24, 2.45) is 5.92 Å². The molecule has 1 aromatic carbocycles. The van der Waals surface area contributed by atoms with Gasteiger partial charge in [-0.3, -0.25) is 4.79 Å². The van der Waals surface area contributed by atoms with Crippen LogP contribution in [0.15, 0.2) is 24.3 Å². The molecule has 0 aromatic heterocycles. The number of hydrogen-bond donors (Lipinski definition) is 1. The van der Waals surface area contributed by atoms with Crippen LogP contribution in [0.25, 0.3) is 0 Å². The number of carbonyl (C=O) groups excluding carboxylic acids is 1. The van der Waals surface area contributed by atoms with Gasteiger partial charge in [0.15, 0.2) is 0 Å². The summed E-state index contributed by atoms with van der Waals surface area (Å²) in [4.78, 5) is 26.0. The Kier molecular flexibility index (Phi) is 3.70. The minimum Gasteiger partial charge on any atom is -0.480 e. The van der Waals surface area contributed by atoms with Gasteiger partial charge in [0.05, 0.1) is 0 Å². The highest BCUT2D eigenvalue weighted by molar-refractivity contribution is 5.97. The average Bonchev–Trinajstić information content (AvgIpc) is 2.86. The Balaban J connectivity index is 1.92. The van der Waals surface area contributed by atoms with E-state index in [0.717, 1.165) is 31.2 Å². The lowest BCUT2D eigenvalue weighted by atomic mass is 9.84. The molecule has 1 aliphatic heterocycles. The van der Waals surface area contributed by atoms with Gasteiger partial charge in [-0.2, -0.15) is 0 Å². The van der Waals surface area contributed by atoms with Gasteiger partial charge < -0.3 is 10.0 Å². The first kappa shape index (κ1) is 14.1. The van der Waals surface area contributed by atoms with Crippen molar-refractivity contribution in [3.05, 3.63) is 35.4 Å². The van der Waals surface area contributed by atoms with Crippen LogP contribution in [0, 0.1) is 12.8 Å². The third-order valence-corrected chi connectivity index (χ3v) is 4.87. The number of aliphatic carboxylic acids is 1. The Bertz CT molecular complexity index is 569. The van der Waals surface area contributed by atoms with Crippen molar-refractivity contribution in [3.8, 4) is 0 Å². The fraction of sp³-hybridized carbons (Fsp3) is 0.529. The van der Waals surface area contributed by atoms with Crippen LogP contribution in [-0.4, -0.2) is 34.0 Å². The summed E-state index contributed by atoms with van der Waals surface area (Å²) in [6.07, 6.45) is 4.83. The van der Waals surface area contributed by atoms with Crippen molar-refractivity contribution in [3.63, 3.8) is 0 Å². The van der Waals surface area contributed by atoms with E-state index in [4.69, 9.17) is 0 Å². The molecule has 21 heavy (non-hydrogen) atoms. The van der Waals surface area contributed by atoms with E-state index >= 15 is 0 Å². The van der Waals surface area contributed by atoms with Gasteiger partial charge in [-0.15, -0.1) is 0 Å². The van der Waals surface area contributed by atoms with E-state index in [1.807, 2.05) is 25.1 Å². The topological polar surface area (TPSA) is 57.6 Å². The largest absolute Gasteiger partial charge is 0.480 e. The molecule has 1 amide bonds. The van der Waals surface area contributed by atoms with E-state index in [0.29, 0.717) is 17.9 Å². The molecule has 0 radical (unpaired) electrons. The maximum Gasteiger partial charge on any atom is 0.326 e. The van der Waals surface area contributed by atoms with E-state index < -0.39 is 12.0 Å². The van der Waals surface area contributed by atoms with Crippen LogP contribution in [0.1, 0.15) is 48.0 Å². The van der Waals surface area contributed by atoms with Gasteiger partial charge in [-0.25, -0.2) is 4.79 Å². The Hall–Kier alpha value is -1.84. The highest BCUT2D eigenvalue weighted by Crippen LogP contribution is 2.40. The van der Waals surface area contributed by atoms with E-state index in [1.54, 1.807) is 11.0 Å². The van der Waals surface area contributed by atoms with Crippen molar-refractivity contribution in [2.75, 3.05) is 0 Å². The average molecular weight is 287 g/mol. The molecule has 1 saturated heterocycles. The summed E-state index contributed by atoms with van der Waals surface area (Å²) in [6, 6.07) is 6.87. The molecule has 1 aliphatic carbocycles. The lowest BCUT2D eigenvalue weighted by Gasteiger charge is -2.33. The quantitative estimate of drug-likeness (QED) is 0.910. The van der Waals surface area contributed by atoms with Crippen LogP contribution in [0.5, 0.6) is 0 Å². The number of benzene rings is 1. The van der Waals surface area contributed by atoms with Crippen molar-refractivity contribution >= 4 is 11.9 Å². The zero-order valence-electron chi connectivity index (χ0n) is 12.3. The second kappa shape index (κ2) is 5.51. The Morgan fingerprint density at radius 1 is 1.24 bits per heavy atom. The summed E-state index contributed by atoms with van der Waals surface area (Å²) < 4.78 is 0. The molecule has 3 rings (SSSR count). The van der Waals surface area contributed by atoms with E-state index in [-0.39, 0.29) is 11.9 Å². The normalized spacial score (nSPS) is 28.2. The fourth-order valence-corrected chi connectivity index (χ4v) is 3.90. The van der Waals surface area contributed by atoms with Gasteiger partial charge in [-0.05, 0) is 44.2 Å². The van der Waals surface area contributed by atoms with Gasteiger partial charge in [0.2, 0.25) is 0 Å². The zero-order chi connectivity index (χ0) is 15.0. The molecule has 4 heteroatoms. The Morgan fingerprint density at radius 2 is 2.00 bits per heavy atom. The molecule has 1 saturated carbocycles. The minimum atomic E-state index is -0.870.